The molecule has 0 radical (unpaired) electrons. The highest BCUT2D eigenvalue weighted by Crippen LogP contribution is 2.38. The molecule has 0 saturated heterocycles. The van der Waals surface area contributed by atoms with Crippen molar-refractivity contribution in [3.05, 3.63) is 83.5 Å². The van der Waals surface area contributed by atoms with Crippen LogP contribution in [0, 0.1) is 6.92 Å². The number of hydrogen-bond acceptors (Lipinski definition) is 1. The van der Waals surface area contributed by atoms with Crippen molar-refractivity contribution < 1.29 is 13.1 Å². The van der Waals surface area contributed by atoms with E-state index >= 15 is 0 Å². The Morgan fingerprint density at radius 3 is 2.84 bits per heavy atom. The van der Waals surface area contributed by atoms with Gasteiger partial charge in [0.05, 0.1) is 11.1 Å². The van der Waals surface area contributed by atoms with Crippen LogP contribution >= 0.6 is 0 Å². The highest BCUT2D eigenvalue weighted by molar-refractivity contribution is 6.57. The minimum Gasteiger partial charge on any atom is -0.396 e. The third-order valence-electron chi connectivity index (χ3n) is 4.86. The van der Waals surface area contributed by atoms with Crippen LogP contribution < -0.4 is 0 Å². The van der Waals surface area contributed by atoms with Gasteiger partial charge in [-0.25, -0.2) is 0 Å². The average molecular weight is 333 g/mol. The molecule has 2 aromatic heterocycles. The molecule has 0 aliphatic carbocycles. The van der Waals surface area contributed by atoms with Crippen LogP contribution in [0.25, 0.3) is 16.5 Å². The highest BCUT2D eigenvalue weighted by Gasteiger charge is 2.51. The van der Waals surface area contributed by atoms with Gasteiger partial charge in [0.15, 0.2) is 5.70 Å². The lowest BCUT2D eigenvalue weighted by Crippen LogP contribution is -2.49. The van der Waals surface area contributed by atoms with E-state index in [1.165, 1.54) is 12.4 Å². The van der Waals surface area contributed by atoms with Crippen molar-refractivity contribution in [1.82, 2.24) is 9.46 Å². The Hall–Kier alpha value is -3.02. The number of aryl methyl sites for hydroxylation is 1. The van der Waals surface area contributed by atoms with Gasteiger partial charge in [0.1, 0.15) is 6.21 Å². The summed E-state index contributed by atoms with van der Waals surface area (Å²) >= 11 is 0. The van der Waals surface area contributed by atoms with Gasteiger partial charge < -0.3 is 17.6 Å². The van der Waals surface area contributed by atoms with Gasteiger partial charge in [0, 0.05) is 28.9 Å². The summed E-state index contributed by atoms with van der Waals surface area (Å²) in [6, 6.07) is 13.3. The fourth-order valence-corrected chi connectivity index (χ4v) is 3.69. The molecule has 25 heavy (non-hydrogen) atoms. The average Bonchev–Trinajstić information content (AvgIpc) is 3.25. The molecule has 5 rings (SSSR count). The van der Waals surface area contributed by atoms with Crippen molar-refractivity contribution in [3.8, 4) is 0 Å². The van der Waals surface area contributed by atoms with Crippen LogP contribution in [0.4, 0.5) is 8.63 Å². The second-order valence-electron chi connectivity index (χ2n) is 6.42. The molecule has 2 aliphatic heterocycles. The number of fused-ring (bicyclic) bond motifs is 3. The Bertz CT molecular complexity index is 1140. The number of nitrogens with zero attached hydrogens (tertiary/aromatic N) is 3. The molecule has 6 heteroatoms. The first-order valence-corrected chi connectivity index (χ1v) is 8.17. The van der Waals surface area contributed by atoms with E-state index in [0.29, 0.717) is 11.4 Å². The predicted molar refractivity (Wildman–Crippen MR) is 95.8 cm³/mol. The Morgan fingerprint density at radius 1 is 1.12 bits per heavy atom. The van der Waals surface area contributed by atoms with Crippen molar-refractivity contribution in [3.63, 3.8) is 0 Å². The SMILES string of the molecule is Cc1ccc2ccc(C3=C4C=CC=[N+]4[B-](F)(F)n4cccc43)cc2n1. The minimum absolute atomic E-state index is 0.531. The van der Waals surface area contributed by atoms with E-state index in [4.69, 9.17) is 0 Å². The maximum absolute atomic E-state index is 14.8. The number of hydrogen-bond donors (Lipinski definition) is 0. The van der Waals surface area contributed by atoms with Crippen LogP contribution in [0.2, 0.25) is 0 Å². The van der Waals surface area contributed by atoms with Crippen molar-refractivity contribution >= 4 is 29.7 Å². The van der Waals surface area contributed by atoms with Crippen LogP contribution in [0.3, 0.4) is 0 Å². The Labute approximate surface area is 143 Å². The molecule has 2 aliphatic rings. The predicted octanol–water partition coefficient (Wildman–Crippen LogP) is 3.99. The van der Waals surface area contributed by atoms with Crippen LogP contribution in [0.1, 0.15) is 17.0 Å². The summed E-state index contributed by atoms with van der Waals surface area (Å²) in [4.78, 5) is 4.58. The summed E-state index contributed by atoms with van der Waals surface area (Å²) < 4.78 is 31.8. The summed E-state index contributed by atoms with van der Waals surface area (Å²) in [7, 11) is 0. The number of pyridine rings is 1. The zero-order valence-electron chi connectivity index (χ0n) is 13.5. The normalized spacial score (nSPS) is 17.6. The maximum Gasteiger partial charge on any atom is 0.737 e. The lowest BCUT2D eigenvalue weighted by molar-refractivity contribution is -0.356. The molecule has 0 unspecified atom stereocenters. The zero-order valence-corrected chi connectivity index (χ0v) is 13.5. The Kier molecular flexibility index (Phi) is 2.73. The number of allylic oxidation sites excluding steroid dienone is 2. The van der Waals surface area contributed by atoms with E-state index in [2.05, 4.69) is 4.98 Å². The van der Waals surface area contributed by atoms with E-state index in [1.54, 1.807) is 24.3 Å². The van der Waals surface area contributed by atoms with Gasteiger partial charge in [-0.2, -0.15) is 0 Å². The van der Waals surface area contributed by atoms with E-state index < -0.39 is 6.97 Å². The standard InChI is InChI=1S/C19H14BF2N3/c1-13-6-7-14-8-9-15(12-16(14)23-13)19-17-4-2-10-24(17)20(21,22)25-11-3-5-18(19)25/h2-12H,1H3. The number of aromatic nitrogens is 2. The van der Waals surface area contributed by atoms with Gasteiger partial charge in [-0.3, -0.25) is 4.98 Å². The monoisotopic (exact) mass is 333 g/mol. The molecule has 0 saturated carbocycles. The van der Waals surface area contributed by atoms with Crippen molar-refractivity contribution in [2.24, 2.45) is 0 Å². The summed E-state index contributed by atoms with van der Waals surface area (Å²) in [5.41, 5.74) is 4.54. The first-order valence-electron chi connectivity index (χ1n) is 8.17. The molecule has 0 N–H and O–H groups in total. The Morgan fingerprint density at radius 2 is 1.96 bits per heavy atom. The first kappa shape index (κ1) is 14.3. The summed E-state index contributed by atoms with van der Waals surface area (Å²) in [6.45, 7) is -1.92. The molecular weight excluding hydrogens is 319 g/mol. The quantitative estimate of drug-likeness (QED) is 0.617. The smallest absolute Gasteiger partial charge is 0.396 e. The molecule has 0 fully saturated rings. The topological polar surface area (TPSA) is 20.8 Å². The van der Waals surface area contributed by atoms with Gasteiger partial charge in [-0.15, -0.1) is 0 Å². The minimum atomic E-state index is -3.86. The second-order valence-corrected chi connectivity index (χ2v) is 6.42. The molecule has 0 spiro atoms. The molecule has 3 aromatic rings. The van der Waals surface area contributed by atoms with E-state index in [9.17, 15) is 8.63 Å². The number of rotatable bonds is 1. The molecular formula is C19H14BF2N3. The van der Waals surface area contributed by atoms with Crippen molar-refractivity contribution in [1.29, 1.82) is 0 Å². The van der Waals surface area contributed by atoms with Crippen molar-refractivity contribution in [2.45, 2.75) is 6.92 Å². The molecule has 0 atom stereocenters. The van der Waals surface area contributed by atoms with Crippen LogP contribution in [0.15, 0.2) is 66.5 Å². The molecule has 0 bridgehead atoms. The van der Waals surface area contributed by atoms with E-state index in [-0.39, 0.29) is 0 Å². The lowest BCUT2D eigenvalue weighted by atomic mass is 9.86. The molecule has 1 aromatic carbocycles. The van der Waals surface area contributed by atoms with Gasteiger partial charge in [0.2, 0.25) is 0 Å². The summed E-state index contributed by atoms with van der Waals surface area (Å²) in [5.74, 6) is 0. The van der Waals surface area contributed by atoms with Gasteiger partial charge >= 0.3 is 6.97 Å². The Balaban J connectivity index is 1.82. The van der Waals surface area contributed by atoms with E-state index in [0.717, 1.165) is 36.7 Å². The van der Waals surface area contributed by atoms with Crippen LogP contribution in [0.5, 0.6) is 0 Å². The van der Waals surface area contributed by atoms with Crippen LogP contribution in [-0.2, 0) is 0 Å². The third-order valence-corrected chi connectivity index (χ3v) is 4.86. The van der Waals surface area contributed by atoms with Gasteiger partial charge in [-0.1, -0.05) is 18.2 Å². The van der Waals surface area contributed by atoms with Gasteiger partial charge in [0.25, 0.3) is 0 Å². The van der Waals surface area contributed by atoms with Crippen LogP contribution in [-0.4, -0.2) is 27.1 Å². The largest absolute Gasteiger partial charge is 0.737 e. The number of halogens is 2. The molecule has 0 amide bonds. The molecule has 3 nitrogen and oxygen atoms in total. The highest BCUT2D eigenvalue weighted by atomic mass is 19.2. The molecule has 4 heterocycles. The second kappa shape index (κ2) is 4.75. The third kappa shape index (κ3) is 1.91. The first-order chi connectivity index (χ1) is 12.1. The summed E-state index contributed by atoms with van der Waals surface area (Å²) in [5, 5.41) is 1.03. The van der Waals surface area contributed by atoms with E-state index in [1.807, 2.05) is 37.3 Å². The maximum atomic E-state index is 14.8. The summed E-state index contributed by atoms with van der Waals surface area (Å²) in [6.07, 6.45) is 6.31. The van der Waals surface area contributed by atoms with Crippen molar-refractivity contribution in [2.75, 3.05) is 0 Å². The zero-order chi connectivity index (χ0) is 17.2. The number of benzene rings is 1. The lowest BCUT2D eigenvalue weighted by Gasteiger charge is -2.30. The fraction of sp³-hybridized carbons (Fsp3) is 0.0526. The molecule has 122 valence electrons. The van der Waals surface area contributed by atoms with Gasteiger partial charge in [-0.05, 0) is 42.9 Å². The fourth-order valence-electron chi connectivity index (χ4n) is 3.69.